The first kappa shape index (κ1) is 22.2. The lowest BCUT2D eigenvalue weighted by Crippen LogP contribution is -2.33. The van der Waals surface area contributed by atoms with Crippen LogP contribution in [0.5, 0.6) is 5.75 Å². The van der Waals surface area contributed by atoms with Gasteiger partial charge in [0, 0.05) is 30.0 Å². The third-order valence-electron chi connectivity index (χ3n) is 5.86. The van der Waals surface area contributed by atoms with Crippen molar-refractivity contribution in [2.45, 2.75) is 26.8 Å². The van der Waals surface area contributed by atoms with Crippen molar-refractivity contribution in [3.8, 4) is 16.2 Å². The van der Waals surface area contributed by atoms with Crippen LogP contribution in [-0.4, -0.2) is 41.2 Å². The van der Waals surface area contributed by atoms with Crippen LogP contribution in [0.15, 0.2) is 65.5 Å². The van der Waals surface area contributed by atoms with Crippen LogP contribution in [0, 0.1) is 0 Å². The SMILES string of the molecule is CCN(CC)CCn1c(Cc2ccccc2OC)nc2sc(-c3ccccc3)cc2c1=O. The number of benzene rings is 2. The van der Waals surface area contributed by atoms with E-state index >= 15 is 0 Å². The third-order valence-corrected chi connectivity index (χ3v) is 6.94. The number of nitrogens with zero attached hydrogens (tertiary/aromatic N) is 3. The van der Waals surface area contributed by atoms with Gasteiger partial charge in [-0.25, -0.2) is 4.98 Å². The number of para-hydroxylation sites is 1. The molecule has 0 radical (unpaired) electrons. The van der Waals surface area contributed by atoms with Gasteiger partial charge < -0.3 is 9.64 Å². The van der Waals surface area contributed by atoms with Crippen molar-refractivity contribution < 1.29 is 4.74 Å². The van der Waals surface area contributed by atoms with Crippen molar-refractivity contribution in [2.75, 3.05) is 26.7 Å². The monoisotopic (exact) mass is 447 g/mol. The minimum Gasteiger partial charge on any atom is -0.496 e. The first-order valence-corrected chi connectivity index (χ1v) is 11.9. The molecule has 0 saturated carbocycles. The standard InChI is InChI=1S/C26H29N3O2S/c1-4-28(5-2)15-16-29-24(17-20-13-9-10-14-22(20)31-3)27-25-21(26(29)30)18-23(32-25)19-11-7-6-8-12-19/h6-14,18H,4-5,15-17H2,1-3H3. The smallest absolute Gasteiger partial charge is 0.262 e. The van der Waals surface area contributed by atoms with Gasteiger partial charge in [0.1, 0.15) is 16.4 Å². The molecule has 5 nitrogen and oxygen atoms in total. The Morgan fingerprint density at radius 1 is 1.03 bits per heavy atom. The van der Waals surface area contributed by atoms with Gasteiger partial charge in [-0.1, -0.05) is 62.4 Å². The molecule has 2 heterocycles. The van der Waals surface area contributed by atoms with Crippen molar-refractivity contribution >= 4 is 21.6 Å². The van der Waals surface area contributed by atoms with Gasteiger partial charge in [-0.15, -0.1) is 11.3 Å². The lowest BCUT2D eigenvalue weighted by atomic mass is 10.1. The molecule has 0 aliphatic heterocycles. The molecule has 0 amide bonds. The van der Waals surface area contributed by atoms with Crippen molar-refractivity contribution in [3.63, 3.8) is 0 Å². The first-order valence-electron chi connectivity index (χ1n) is 11.1. The molecule has 0 aliphatic rings. The van der Waals surface area contributed by atoms with Gasteiger partial charge in [0.25, 0.3) is 5.56 Å². The highest BCUT2D eigenvalue weighted by atomic mass is 32.1. The summed E-state index contributed by atoms with van der Waals surface area (Å²) in [6.07, 6.45) is 0.548. The number of ether oxygens (including phenoxy) is 1. The number of hydrogen-bond acceptors (Lipinski definition) is 5. The Bertz CT molecular complexity index is 1240. The molecule has 0 saturated heterocycles. The highest BCUT2D eigenvalue weighted by Gasteiger charge is 2.17. The molecule has 2 aromatic heterocycles. The molecule has 0 aliphatic carbocycles. The molecular formula is C26H29N3O2S. The molecule has 2 aromatic carbocycles. The first-order chi connectivity index (χ1) is 15.6. The van der Waals surface area contributed by atoms with Gasteiger partial charge >= 0.3 is 0 Å². The topological polar surface area (TPSA) is 47.4 Å². The second-order valence-electron chi connectivity index (χ2n) is 7.70. The summed E-state index contributed by atoms with van der Waals surface area (Å²) in [5, 5.41) is 0.692. The van der Waals surface area contributed by atoms with Gasteiger partial charge in [0.2, 0.25) is 0 Å². The number of methoxy groups -OCH3 is 1. The van der Waals surface area contributed by atoms with Gasteiger partial charge in [0.15, 0.2) is 0 Å². The summed E-state index contributed by atoms with van der Waals surface area (Å²) >= 11 is 1.58. The number of thiophene rings is 1. The molecule has 32 heavy (non-hydrogen) atoms. The summed E-state index contributed by atoms with van der Waals surface area (Å²) in [6.45, 7) is 7.64. The molecular weight excluding hydrogens is 418 g/mol. The normalized spacial score (nSPS) is 11.4. The molecule has 0 fully saturated rings. The number of likely N-dealkylation sites (N-methyl/N-ethyl adjacent to an activating group) is 1. The second kappa shape index (κ2) is 10.1. The molecule has 166 valence electrons. The van der Waals surface area contributed by atoms with Crippen molar-refractivity contribution in [1.82, 2.24) is 14.5 Å². The number of aromatic nitrogens is 2. The molecule has 0 spiro atoms. The number of rotatable bonds is 9. The maximum absolute atomic E-state index is 13.6. The molecule has 0 bridgehead atoms. The van der Waals surface area contributed by atoms with Crippen LogP contribution < -0.4 is 10.3 Å². The van der Waals surface area contributed by atoms with E-state index in [0.717, 1.165) is 52.0 Å². The number of fused-ring (bicyclic) bond motifs is 1. The van der Waals surface area contributed by atoms with Crippen LogP contribution in [-0.2, 0) is 13.0 Å². The molecule has 6 heteroatoms. The summed E-state index contributed by atoms with van der Waals surface area (Å²) in [6, 6.07) is 20.1. The minimum absolute atomic E-state index is 0.0329. The zero-order chi connectivity index (χ0) is 22.5. The van der Waals surface area contributed by atoms with Crippen molar-refractivity contribution in [1.29, 1.82) is 0 Å². The summed E-state index contributed by atoms with van der Waals surface area (Å²) < 4.78 is 7.41. The van der Waals surface area contributed by atoms with Crippen LogP contribution in [0.25, 0.3) is 20.7 Å². The van der Waals surface area contributed by atoms with E-state index in [1.54, 1.807) is 18.4 Å². The third kappa shape index (κ3) is 4.61. The summed E-state index contributed by atoms with van der Waals surface area (Å²) in [7, 11) is 1.67. The molecule has 4 aromatic rings. The summed E-state index contributed by atoms with van der Waals surface area (Å²) in [5.74, 6) is 1.59. The van der Waals surface area contributed by atoms with E-state index in [9.17, 15) is 4.79 Å². The zero-order valence-electron chi connectivity index (χ0n) is 18.9. The van der Waals surface area contributed by atoms with Crippen molar-refractivity contribution in [2.24, 2.45) is 0 Å². The maximum atomic E-state index is 13.6. The van der Waals surface area contributed by atoms with E-state index in [2.05, 4.69) is 30.9 Å². The Morgan fingerprint density at radius 3 is 2.47 bits per heavy atom. The predicted octanol–water partition coefficient (Wildman–Crippen LogP) is 5.07. The van der Waals surface area contributed by atoms with E-state index in [0.29, 0.717) is 18.4 Å². The quantitative estimate of drug-likeness (QED) is 0.360. The molecule has 0 atom stereocenters. The van der Waals surface area contributed by atoms with Crippen LogP contribution in [0.1, 0.15) is 25.2 Å². The van der Waals surface area contributed by atoms with Crippen LogP contribution in [0.4, 0.5) is 0 Å². The molecule has 0 unspecified atom stereocenters. The van der Waals surface area contributed by atoms with Gasteiger partial charge in [-0.2, -0.15) is 0 Å². The highest BCUT2D eigenvalue weighted by Crippen LogP contribution is 2.31. The van der Waals surface area contributed by atoms with Gasteiger partial charge in [-0.05, 0) is 30.8 Å². The van der Waals surface area contributed by atoms with Crippen LogP contribution in [0.2, 0.25) is 0 Å². The van der Waals surface area contributed by atoms with E-state index in [-0.39, 0.29) is 5.56 Å². The average molecular weight is 448 g/mol. The Balaban J connectivity index is 1.81. The van der Waals surface area contributed by atoms with E-state index in [1.165, 1.54) is 0 Å². The fourth-order valence-corrected chi connectivity index (χ4v) is 5.01. The van der Waals surface area contributed by atoms with E-state index in [1.807, 2.05) is 53.1 Å². The Labute approximate surface area is 192 Å². The molecule has 0 N–H and O–H groups in total. The maximum Gasteiger partial charge on any atom is 0.262 e. The minimum atomic E-state index is 0.0329. The predicted molar refractivity (Wildman–Crippen MR) is 133 cm³/mol. The fourth-order valence-electron chi connectivity index (χ4n) is 3.97. The number of hydrogen-bond donors (Lipinski definition) is 0. The van der Waals surface area contributed by atoms with Gasteiger partial charge in [-0.3, -0.25) is 9.36 Å². The van der Waals surface area contributed by atoms with E-state index < -0.39 is 0 Å². The van der Waals surface area contributed by atoms with E-state index in [4.69, 9.17) is 9.72 Å². The summed E-state index contributed by atoms with van der Waals surface area (Å²) in [5.41, 5.74) is 2.17. The van der Waals surface area contributed by atoms with Gasteiger partial charge in [0.05, 0.1) is 12.5 Å². The Kier molecular flexibility index (Phi) is 7.02. The largest absolute Gasteiger partial charge is 0.496 e. The second-order valence-corrected chi connectivity index (χ2v) is 8.73. The molecule has 4 rings (SSSR count). The zero-order valence-corrected chi connectivity index (χ0v) is 19.7. The fraction of sp³-hybridized carbons (Fsp3) is 0.308. The lowest BCUT2D eigenvalue weighted by Gasteiger charge is -2.20. The van der Waals surface area contributed by atoms with Crippen LogP contribution >= 0.6 is 11.3 Å². The summed E-state index contributed by atoms with van der Waals surface area (Å²) in [4.78, 5) is 22.8. The Hall–Kier alpha value is -2.96. The van der Waals surface area contributed by atoms with Crippen molar-refractivity contribution in [3.05, 3.63) is 82.4 Å². The average Bonchev–Trinajstić information content (AvgIpc) is 3.27. The highest BCUT2D eigenvalue weighted by molar-refractivity contribution is 7.21. The lowest BCUT2D eigenvalue weighted by molar-refractivity contribution is 0.287. The Morgan fingerprint density at radius 2 is 1.75 bits per heavy atom. The van der Waals surface area contributed by atoms with Crippen LogP contribution in [0.3, 0.4) is 0 Å².